The molecular weight excluding hydrogens is 587 g/mol. The molecule has 8 aromatic rings. The maximum Gasteiger partial charge on any atom is 0.347 e. The van der Waals surface area contributed by atoms with Crippen molar-refractivity contribution < 1.29 is 8.83 Å². The van der Waals surface area contributed by atoms with E-state index in [9.17, 15) is 9.59 Å². The van der Waals surface area contributed by atoms with E-state index in [1.807, 2.05) is 48.5 Å². The molecular formula is C33H18Cl2N4O4. The lowest BCUT2D eigenvalue weighted by molar-refractivity contribution is 0.516. The summed E-state index contributed by atoms with van der Waals surface area (Å²) in [5.74, 6) is 0.273. The fourth-order valence-electron chi connectivity index (χ4n) is 5.61. The predicted molar refractivity (Wildman–Crippen MR) is 168 cm³/mol. The Morgan fingerprint density at radius 3 is 1.49 bits per heavy atom. The summed E-state index contributed by atoms with van der Waals surface area (Å²) in [6, 6.07) is 25.3. The van der Waals surface area contributed by atoms with Gasteiger partial charge in [-0.3, -0.25) is 0 Å². The van der Waals surface area contributed by atoms with Crippen molar-refractivity contribution in [2.24, 2.45) is 0 Å². The summed E-state index contributed by atoms with van der Waals surface area (Å²) >= 11 is 12.4. The predicted octanol–water partition coefficient (Wildman–Crippen LogP) is 7.88. The lowest BCUT2D eigenvalue weighted by Gasteiger charge is -2.08. The van der Waals surface area contributed by atoms with Gasteiger partial charge in [-0.25, -0.2) is 19.6 Å². The molecule has 208 valence electrons. The zero-order chi connectivity index (χ0) is 29.2. The standard InChI is InChI=1S/C33H18Cl2N4O4/c34-16-9-11-20-26(13-16)38-30(42-32(20)40)28-22(18-5-1-3-7-24(18)36-28)15-23-19-6-2-4-8-25(19)37-29(23)31-39-27-14-17(35)10-12-21(27)33(41)43-31/h1-14,36-37H,15H2. The van der Waals surface area contributed by atoms with Gasteiger partial charge in [-0.2, -0.15) is 0 Å². The maximum absolute atomic E-state index is 13.0. The van der Waals surface area contributed by atoms with Crippen LogP contribution >= 0.6 is 23.2 Å². The number of nitrogens with one attached hydrogen (secondary N) is 2. The van der Waals surface area contributed by atoms with Crippen LogP contribution in [0.25, 0.3) is 66.8 Å². The minimum atomic E-state index is -0.519. The quantitative estimate of drug-likeness (QED) is 0.211. The average molecular weight is 605 g/mol. The number of nitrogens with zero attached hydrogens (tertiary/aromatic N) is 2. The highest BCUT2D eigenvalue weighted by atomic mass is 35.5. The third kappa shape index (κ3) is 4.22. The smallest absolute Gasteiger partial charge is 0.347 e. The summed E-state index contributed by atoms with van der Waals surface area (Å²) in [5.41, 5.74) is 4.28. The lowest BCUT2D eigenvalue weighted by atomic mass is 9.98. The van der Waals surface area contributed by atoms with Crippen LogP contribution in [0.4, 0.5) is 0 Å². The summed E-state index contributed by atoms with van der Waals surface area (Å²) in [6.07, 6.45) is 0.358. The van der Waals surface area contributed by atoms with Crippen molar-refractivity contribution in [2.45, 2.75) is 6.42 Å². The monoisotopic (exact) mass is 604 g/mol. The largest absolute Gasteiger partial charge is 0.401 e. The Kier molecular flexibility index (Phi) is 5.75. The van der Waals surface area contributed by atoms with Crippen LogP contribution in [0.3, 0.4) is 0 Å². The first-order valence-corrected chi connectivity index (χ1v) is 14.1. The molecule has 0 fully saturated rings. The Balaban J connectivity index is 1.37. The van der Waals surface area contributed by atoms with E-state index in [2.05, 4.69) is 19.9 Å². The van der Waals surface area contributed by atoms with Gasteiger partial charge in [-0.15, -0.1) is 0 Å². The molecule has 0 spiro atoms. The first kappa shape index (κ1) is 25.5. The maximum atomic E-state index is 13.0. The fraction of sp³-hybridized carbons (Fsp3) is 0.0303. The molecule has 43 heavy (non-hydrogen) atoms. The van der Waals surface area contributed by atoms with E-state index in [0.29, 0.717) is 49.7 Å². The van der Waals surface area contributed by atoms with Crippen LogP contribution in [0.2, 0.25) is 10.0 Å². The molecule has 0 radical (unpaired) electrons. The first-order chi connectivity index (χ1) is 20.9. The lowest BCUT2D eigenvalue weighted by Crippen LogP contribution is -2.05. The van der Waals surface area contributed by atoms with Gasteiger partial charge in [0.1, 0.15) is 11.4 Å². The van der Waals surface area contributed by atoms with Gasteiger partial charge >= 0.3 is 11.3 Å². The number of aromatic nitrogens is 4. The molecule has 0 aliphatic rings. The molecule has 4 heterocycles. The normalized spacial score (nSPS) is 11.8. The second-order valence-corrected chi connectivity index (χ2v) is 11.0. The van der Waals surface area contributed by atoms with E-state index in [4.69, 9.17) is 32.0 Å². The zero-order valence-electron chi connectivity index (χ0n) is 22.1. The molecule has 0 bridgehead atoms. The topological polar surface area (TPSA) is 118 Å². The average Bonchev–Trinajstić information content (AvgIpc) is 3.55. The molecule has 8 nitrogen and oxygen atoms in total. The SMILES string of the molecule is O=c1oc(-c2[nH]c3ccccc3c2Cc2c(-c3nc4cc(Cl)ccc4c(=O)o3)[nH]c3ccccc23)nc2cc(Cl)ccc12. The Labute approximate surface area is 251 Å². The van der Waals surface area contributed by atoms with Gasteiger partial charge in [0.05, 0.1) is 21.8 Å². The first-order valence-electron chi connectivity index (χ1n) is 13.3. The van der Waals surface area contributed by atoms with Gasteiger partial charge in [0.2, 0.25) is 11.8 Å². The van der Waals surface area contributed by atoms with Gasteiger partial charge in [-0.05, 0) is 59.7 Å². The van der Waals surface area contributed by atoms with E-state index < -0.39 is 11.3 Å². The van der Waals surface area contributed by atoms with Gasteiger partial charge in [0, 0.05) is 38.3 Å². The molecule has 4 aromatic heterocycles. The highest BCUT2D eigenvalue weighted by Gasteiger charge is 2.24. The van der Waals surface area contributed by atoms with Crippen LogP contribution < -0.4 is 11.3 Å². The van der Waals surface area contributed by atoms with Crippen LogP contribution in [0.15, 0.2) is 103 Å². The van der Waals surface area contributed by atoms with E-state index in [-0.39, 0.29) is 11.8 Å². The number of fused-ring (bicyclic) bond motifs is 4. The Morgan fingerprint density at radius 1 is 0.581 bits per heavy atom. The third-order valence-electron chi connectivity index (χ3n) is 7.59. The van der Waals surface area contributed by atoms with Crippen LogP contribution in [-0.4, -0.2) is 19.9 Å². The third-order valence-corrected chi connectivity index (χ3v) is 8.06. The van der Waals surface area contributed by atoms with Gasteiger partial charge < -0.3 is 18.8 Å². The Hall–Kier alpha value is -5.18. The van der Waals surface area contributed by atoms with E-state index >= 15 is 0 Å². The second-order valence-electron chi connectivity index (χ2n) is 10.2. The van der Waals surface area contributed by atoms with Crippen LogP contribution in [0.1, 0.15) is 11.1 Å². The van der Waals surface area contributed by atoms with Gasteiger partial charge in [0.15, 0.2) is 0 Å². The number of benzene rings is 4. The Bertz CT molecular complexity index is 2350. The number of hydrogen-bond donors (Lipinski definition) is 2. The van der Waals surface area contributed by atoms with Crippen LogP contribution in [0.5, 0.6) is 0 Å². The van der Waals surface area contributed by atoms with Crippen molar-refractivity contribution in [2.75, 3.05) is 0 Å². The number of rotatable bonds is 4. The highest BCUT2D eigenvalue weighted by molar-refractivity contribution is 6.31. The number of para-hydroxylation sites is 2. The highest BCUT2D eigenvalue weighted by Crippen LogP contribution is 2.37. The summed E-state index contributed by atoms with van der Waals surface area (Å²) in [4.78, 5) is 42.1. The summed E-state index contributed by atoms with van der Waals surface area (Å²) in [7, 11) is 0. The van der Waals surface area contributed by atoms with Crippen molar-refractivity contribution in [3.63, 3.8) is 0 Å². The van der Waals surface area contributed by atoms with Crippen molar-refractivity contribution in [1.82, 2.24) is 19.9 Å². The van der Waals surface area contributed by atoms with Crippen molar-refractivity contribution >= 4 is 66.8 Å². The minimum Gasteiger partial charge on any atom is -0.401 e. The Morgan fingerprint density at radius 2 is 1.02 bits per heavy atom. The molecule has 10 heteroatoms. The zero-order valence-corrected chi connectivity index (χ0v) is 23.6. The summed E-state index contributed by atoms with van der Waals surface area (Å²) in [5, 5.41) is 3.43. The number of aromatic amines is 2. The molecule has 0 aliphatic carbocycles. The van der Waals surface area contributed by atoms with Crippen molar-refractivity contribution in [1.29, 1.82) is 0 Å². The van der Waals surface area contributed by atoms with E-state index in [1.54, 1.807) is 36.4 Å². The number of hydrogen-bond acceptors (Lipinski definition) is 6. The summed E-state index contributed by atoms with van der Waals surface area (Å²) in [6.45, 7) is 0. The van der Waals surface area contributed by atoms with Gasteiger partial charge in [0.25, 0.3) is 0 Å². The summed E-state index contributed by atoms with van der Waals surface area (Å²) < 4.78 is 11.5. The number of halogens is 2. The molecule has 0 atom stereocenters. The van der Waals surface area contributed by atoms with Crippen LogP contribution in [-0.2, 0) is 6.42 Å². The van der Waals surface area contributed by atoms with Gasteiger partial charge in [-0.1, -0.05) is 59.6 Å². The number of H-pyrrole nitrogens is 2. The second kappa shape index (κ2) is 9.69. The van der Waals surface area contributed by atoms with E-state index in [1.165, 1.54) is 0 Å². The molecule has 0 amide bonds. The fourth-order valence-corrected chi connectivity index (χ4v) is 5.95. The molecule has 2 N–H and O–H groups in total. The van der Waals surface area contributed by atoms with Crippen molar-refractivity contribution in [3.8, 4) is 23.2 Å². The van der Waals surface area contributed by atoms with E-state index in [0.717, 1.165) is 32.9 Å². The minimum absolute atomic E-state index is 0.136. The molecule has 8 rings (SSSR count). The molecule has 0 saturated carbocycles. The van der Waals surface area contributed by atoms with Crippen molar-refractivity contribution in [3.05, 3.63) is 127 Å². The van der Waals surface area contributed by atoms with Crippen LogP contribution in [0, 0.1) is 0 Å². The molecule has 4 aromatic carbocycles. The molecule has 0 saturated heterocycles. The molecule has 0 unspecified atom stereocenters. The molecule has 0 aliphatic heterocycles.